The highest BCUT2D eigenvalue weighted by Crippen LogP contribution is 2.22. The van der Waals surface area contributed by atoms with Crippen molar-refractivity contribution in [1.82, 2.24) is 14.7 Å². The Morgan fingerprint density at radius 1 is 1.50 bits per heavy atom. The van der Waals surface area contributed by atoms with Crippen molar-refractivity contribution < 1.29 is 0 Å². The van der Waals surface area contributed by atoms with E-state index in [-0.39, 0.29) is 0 Å². The van der Waals surface area contributed by atoms with E-state index in [1.165, 1.54) is 0 Å². The Balaban J connectivity index is 2.76. The maximum Gasteiger partial charge on any atom is 0.0863 e. The van der Waals surface area contributed by atoms with Crippen LogP contribution in [-0.4, -0.2) is 33.3 Å². The van der Waals surface area contributed by atoms with Crippen LogP contribution in [0.4, 0.5) is 0 Å². The summed E-state index contributed by atoms with van der Waals surface area (Å²) in [6, 6.07) is 0. The molecule has 0 fully saturated rings. The monoisotopic (exact) mass is 288 g/mol. The molecule has 0 unspecified atom stereocenters. The molecule has 0 bridgehead atoms. The summed E-state index contributed by atoms with van der Waals surface area (Å²) in [7, 11) is 2.03. The molecular formula is C12H21ClN4S. The average Bonchev–Trinajstić information content (AvgIpc) is 2.63. The largest absolute Gasteiger partial charge is 0.393 e. The van der Waals surface area contributed by atoms with E-state index >= 15 is 0 Å². The predicted molar refractivity (Wildman–Crippen MR) is 80.0 cm³/mol. The molecular weight excluding hydrogens is 268 g/mol. The molecule has 0 amide bonds. The van der Waals surface area contributed by atoms with E-state index in [4.69, 9.17) is 29.6 Å². The molecule has 0 atom stereocenters. The van der Waals surface area contributed by atoms with E-state index in [1.54, 1.807) is 0 Å². The van der Waals surface area contributed by atoms with Gasteiger partial charge in [0.05, 0.1) is 21.4 Å². The maximum atomic E-state index is 6.35. The standard InChI is InChI=1S/C12H21ClN4S/c1-4-9-12(13)10(17(5-2)15-9)8-16(3)7-6-11(14)18/h4-8H2,1-3H3,(H2,14,18). The molecule has 0 aliphatic rings. The van der Waals surface area contributed by atoms with Crippen molar-refractivity contribution in [1.29, 1.82) is 0 Å². The number of thiocarbonyl (C=S) groups is 1. The van der Waals surface area contributed by atoms with E-state index < -0.39 is 0 Å². The van der Waals surface area contributed by atoms with Crippen LogP contribution in [0.2, 0.25) is 5.02 Å². The van der Waals surface area contributed by atoms with Crippen LogP contribution in [0.3, 0.4) is 0 Å². The van der Waals surface area contributed by atoms with Gasteiger partial charge >= 0.3 is 0 Å². The van der Waals surface area contributed by atoms with Gasteiger partial charge in [0, 0.05) is 26.1 Å². The first-order valence-electron chi connectivity index (χ1n) is 6.20. The van der Waals surface area contributed by atoms with Crippen molar-refractivity contribution in [3.8, 4) is 0 Å². The highest BCUT2D eigenvalue weighted by atomic mass is 35.5. The van der Waals surface area contributed by atoms with Crippen LogP contribution in [0.25, 0.3) is 0 Å². The molecule has 1 heterocycles. The van der Waals surface area contributed by atoms with Gasteiger partial charge in [-0.2, -0.15) is 5.10 Å². The van der Waals surface area contributed by atoms with Crippen molar-refractivity contribution in [3.05, 3.63) is 16.4 Å². The molecule has 0 radical (unpaired) electrons. The minimum absolute atomic E-state index is 0.547. The van der Waals surface area contributed by atoms with Crippen LogP contribution >= 0.6 is 23.8 Å². The zero-order chi connectivity index (χ0) is 13.7. The van der Waals surface area contributed by atoms with E-state index in [9.17, 15) is 0 Å². The molecule has 1 aromatic heterocycles. The average molecular weight is 289 g/mol. The van der Waals surface area contributed by atoms with E-state index in [1.807, 2.05) is 11.7 Å². The van der Waals surface area contributed by atoms with Crippen LogP contribution in [0.15, 0.2) is 0 Å². The van der Waals surface area contributed by atoms with Crippen LogP contribution in [-0.2, 0) is 19.5 Å². The second kappa shape index (κ2) is 7.07. The highest BCUT2D eigenvalue weighted by molar-refractivity contribution is 7.80. The van der Waals surface area contributed by atoms with Crippen LogP contribution in [0, 0.1) is 0 Å². The topological polar surface area (TPSA) is 47.1 Å². The first-order chi connectivity index (χ1) is 8.49. The Hall–Kier alpha value is -0.650. The van der Waals surface area contributed by atoms with Gasteiger partial charge in [0.15, 0.2) is 0 Å². The Kier molecular flexibility index (Phi) is 6.05. The number of rotatable bonds is 7. The second-order valence-corrected chi connectivity index (χ2v) is 5.23. The van der Waals surface area contributed by atoms with Gasteiger partial charge in [0.25, 0.3) is 0 Å². The first kappa shape index (κ1) is 15.4. The summed E-state index contributed by atoms with van der Waals surface area (Å²) < 4.78 is 1.97. The molecule has 0 saturated carbocycles. The number of halogens is 1. The van der Waals surface area contributed by atoms with Crippen molar-refractivity contribution in [3.63, 3.8) is 0 Å². The second-order valence-electron chi connectivity index (χ2n) is 4.33. The summed E-state index contributed by atoms with van der Waals surface area (Å²) >= 11 is 11.2. The van der Waals surface area contributed by atoms with Gasteiger partial charge in [0.2, 0.25) is 0 Å². The quantitative estimate of drug-likeness (QED) is 0.782. The Morgan fingerprint density at radius 2 is 2.17 bits per heavy atom. The van der Waals surface area contributed by atoms with Crippen LogP contribution in [0.1, 0.15) is 31.7 Å². The lowest BCUT2D eigenvalue weighted by Gasteiger charge is -2.17. The molecule has 0 aliphatic heterocycles. The van der Waals surface area contributed by atoms with Gasteiger partial charge in [-0.1, -0.05) is 30.7 Å². The molecule has 0 saturated heterocycles. The summed E-state index contributed by atoms with van der Waals surface area (Å²) in [6.45, 7) is 6.57. The van der Waals surface area contributed by atoms with Gasteiger partial charge in [0.1, 0.15) is 0 Å². The molecule has 18 heavy (non-hydrogen) atoms. The SMILES string of the molecule is CCc1nn(CC)c(CN(C)CCC(N)=S)c1Cl. The third kappa shape index (κ3) is 3.93. The van der Waals surface area contributed by atoms with Crippen molar-refractivity contribution in [2.75, 3.05) is 13.6 Å². The molecule has 102 valence electrons. The molecule has 1 rings (SSSR count). The lowest BCUT2D eigenvalue weighted by Crippen LogP contribution is -2.24. The van der Waals surface area contributed by atoms with E-state index in [2.05, 4.69) is 23.8 Å². The Bertz CT molecular complexity index is 416. The molecule has 0 aliphatic carbocycles. The van der Waals surface area contributed by atoms with Crippen molar-refractivity contribution >= 4 is 28.8 Å². The lowest BCUT2D eigenvalue weighted by molar-refractivity contribution is 0.324. The number of nitrogens with zero attached hydrogens (tertiary/aromatic N) is 3. The number of hydrogen-bond acceptors (Lipinski definition) is 3. The summed E-state index contributed by atoms with van der Waals surface area (Å²) in [5.41, 5.74) is 7.55. The lowest BCUT2D eigenvalue weighted by atomic mass is 10.3. The first-order valence-corrected chi connectivity index (χ1v) is 6.99. The summed E-state index contributed by atoms with van der Waals surface area (Å²) in [5, 5.41) is 5.30. The van der Waals surface area contributed by atoms with E-state index in [0.717, 1.165) is 48.9 Å². The minimum atomic E-state index is 0.547. The summed E-state index contributed by atoms with van der Waals surface area (Å²) in [4.78, 5) is 2.71. The normalized spacial score (nSPS) is 11.2. The number of aromatic nitrogens is 2. The zero-order valence-electron chi connectivity index (χ0n) is 11.2. The fourth-order valence-electron chi connectivity index (χ4n) is 1.80. The zero-order valence-corrected chi connectivity index (χ0v) is 12.8. The Morgan fingerprint density at radius 3 is 2.67 bits per heavy atom. The molecule has 2 N–H and O–H groups in total. The molecule has 6 heteroatoms. The van der Waals surface area contributed by atoms with Crippen LogP contribution in [0.5, 0.6) is 0 Å². The molecule has 1 aromatic rings. The fraction of sp³-hybridized carbons (Fsp3) is 0.667. The van der Waals surface area contributed by atoms with Crippen molar-refractivity contribution in [2.24, 2.45) is 5.73 Å². The van der Waals surface area contributed by atoms with Gasteiger partial charge in [-0.15, -0.1) is 0 Å². The van der Waals surface area contributed by atoms with E-state index in [0.29, 0.717) is 4.99 Å². The molecule has 4 nitrogen and oxygen atoms in total. The summed E-state index contributed by atoms with van der Waals surface area (Å²) in [6.07, 6.45) is 1.58. The van der Waals surface area contributed by atoms with Crippen LogP contribution < -0.4 is 5.73 Å². The third-order valence-electron chi connectivity index (χ3n) is 2.85. The highest BCUT2D eigenvalue weighted by Gasteiger charge is 2.15. The van der Waals surface area contributed by atoms with Gasteiger partial charge in [-0.25, -0.2) is 0 Å². The van der Waals surface area contributed by atoms with Gasteiger partial charge in [-0.05, 0) is 20.4 Å². The van der Waals surface area contributed by atoms with Gasteiger partial charge in [-0.3, -0.25) is 4.68 Å². The molecule has 0 aromatic carbocycles. The third-order valence-corrected chi connectivity index (χ3v) is 3.49. The number of aryl methyl sites for hydroxylation is 2. The van der Waals surface area contributed by atoms with Gasteiger partial charge < -0.3 is 10.6 Å². The maximum absolute atomic E-state index is 6.35. The molecule has 0 spiro atoms. The number of nitrogens with two attached hydrogens (primary N) is 1. The van der Waals surface area contributed by atoms with Crippen molar-refractivity contribution in [2.45, 2.75) is 39.8 Å². The number of hydrogen-bond donors (Lipinski definition) is 1. The Labute approximate surface area is 119 Å². The minimum Gasteiger partial charge on any atom is -0.393 e. The summed E-state index contributed by atoms with van der Waals surface area (Å²) in [5.74, 6) is 0. The fourth-order valence-corrected chi connectivity index (χ4v) is 2.22. The smallest absolute Gasteiger partial charge is 0.0863 e. The predicted octanol–water partition coefficient (Wildman–Crippen LogP) is 2.23.